The van der Waals surface area contributed by atoms with E-state index in [1.165, 1.54) is 12.1 Å². The maximum Gasteiger partial charge on any atom is 0.338 e. The highest BCUT2D eigenvalue weighted by Crippen LogP contribution is 2.42. The van der Waals surface area contributed by atoms with Gasteiger partial charge in [-0.2, -0.15) is 0 Å². The van der Waals surface area contributed by atoms with Crippen molar-refractivity contribution in [2.75, 3.05) is 32.1 Å². The van der Waals surface area contributed by atoms with E-state index >= 15 is 0 Å². The molecule has 32 heavy (non-hydrogen) atoms. The minimum atomic E-state index is -1.27. The van der Waals surface area contributed by atoms with Crippen LogP contribution in [-0.4, -0.2) is 43.2 Å². The van der Waals surface area contributed by atoms with Gasteiger partial charge in [0.2, 0.25) is 0 Å². The third-order valence-corrected chi connectivity index (χ3v) is 6.68. The van der Waals surface area contributed by atoms with Crippen molar-refractivity contribution in [1.29, 1.82) is 0 Å². The molecule has 0 unspecified atom stereocenters. The molecule has 4 rings (SSSR count). The van der Waals surface area contributed by atoms with Gasteiger partial charge in [0.25, 0.3) is 0 Å². The van der Waals surface area contributed by atoms with Crippen LogP contribution in [0, 0.1) is 5.82 Å². The van der Waals surface area contributed by atoms with Crippen LogP contribution >= 0.6 is 12.6 Å². The van der Waals surface area contributed by atoms with E-state index in [2.05, 4.69) is 35.0 Å². The number of likely N-dealkylation sites (tertiary alicyclic amines) is 1. The van der Waals surface area contributed by atoms with Crippen LogP contribution < -0.4 is 4.90 Å². The zero-order chi connectivity index (χ0) is 22.8. The van der Waals surface area contributed by atoms with Crippen molar-refractivity contribution in [2.24, 2.45) is 0 Å². The summed E-state index contributed by atoms with van der Waals surface area (Å²) in [6.45, 7) is 2.00. The summed E-state index contributed by atoms with van der Waals surface area (Å²) in [7, 11) is 4.14. The predicted octanol–water partition coefficient (Wildman–Crippen LogP) is 6.06. The number of carbonyl (C=O) groups is 1. The molecule has 3 aromatic carbocycles. The van der Waals surface area contributed by atoms with Crippen LogP contribution in [0.5, 0.6) is 0 Å². The SMILES string of the molecule is CN1CCC(c2cc(N(C)c3ccccc3)c(S)cc2-c2ccc(F)c(C(=O)O)c2)CC1. The first kappa shape index (κ1) is 22.4. The van der Waals surface area contributed by atoms with Gasteiger partial charge in [0, 0.05) is 17.6 Å². The van der Waals surface area contributed by atoms with Crippen LogP contribution in [0.3, 0.4) is 0 Å². The van der Waals surface area contributed by atoms with Crippen LogP contribution in [0.25, 0.3) is 11.1 Å². The van der Waals surface area contributed by atoms with E-state index in [1.807, 2.05) is 31.3 Å². The summed E-state index contributed by atoms with van der Waals surface area (Å²) < 4.78 is 14.1. The minimum absolute atomic E-state index is 0.317. The normalized spacial score (nSPS) is 15.0. The van der Waals surface area contributed by atoms with Gasteiger partial charge in [-0.25, -0.2) is 9.18 Å². The van der Waals surface area contributed by atoms with Gasteiger partial charge in [0.05, 0.1) is 11.3 Å². The fourth-order valence-electron chi connectivity index (χ4n) is 4.42. The Morgan fingerprint density at radius 2 is 1.78 bits per heavy atom. The van der Waals surface area contributed by atoms with Gasteiger partial charge < -0.3 is 14.9 Å². The number of hydrogen-bond donors (Lipinski definition) is 2. The van der Waals surface area contributed by atoms with Crippen molar-refractivity contribution >= 4 is 30.0 Å². The Hall–Kier alpha value is -2.83. The number of anilines is 2. The summed E-state index contributed by atoms with van der Waals surface area (Å²) in [5.41, 5.74) is 4.48. The first-order valence-electron chi connectivity index (χ1n) is 10.7. The zero-order valence-corrected chi connectivity index (χ0v) is 19.1. The number of aromatic carboxylic acids is 1. The molecule has 0 saturated carbocycles. The van der Waals surface area contributed by atoms with Crippen LogP contribution in [0.2, 0.25) is 0 Å². The van der Waals surface area contributed by atoms with E-state index < -0.39 is 11.8 Å². The summed E-state index contributed by atoms with van der Waals surface area (Å²) >= 11 is 4.78. The summed E-state index contributed by atoms with van der Waals surface area (Å²) in [6.07, 6.45) is 2.02. The summed E-state index contributed by atoms with van der Waals surface area (Å²) in [6, 6.07) is 18.6. The molecule has 1 aliphatic heterocycles. The molecule has 0 bridgehead atoms. The Bertz CT molecular complexity index is 1130. The van der Waals surface area contributed by atoms with Crippen LogP contribution in [-0.2, 0) is 0 Å². The number of hydrogen-bond acceptors (Lipinski definition) is 4. The number of benzene rings is 3. The van der Waals surface area contributed by atoms with Crippen molar-refractivity contribution < 1.29 is 14.3 Å². The maximum absolute atomic E-state index is 14.1. The Morgan fingerprint density at radius 1 is 1.09 bits per heavy atom. The second kappa shape index (κ2) is 9.35. The lowest BCUT2D eigenvalue weighted by atomic mass is 9.84. The molecule has 0 atom stereocenters. The monoisotopic (exact) mass is 450 g/mol. The molecule has 3 aromatic rings. The van der Waals surface area contributed by atoms with E-state index in [0.29, 0.717) is 11.5 Å². The minimum Gasteiger partial charge on any atom is -0.478 e. The highest BCUT2D eigenvalue weighted by atomic mass is 32.1. The third-order valence-electron chi connectivity index (χ3n) is 6.32. The lowest BCUT2D eigenvalue weighted by molar-refractivity contribution is 0.0692. The number of thiol groups is 1. The smallest absolute Gasteiger partial charge is 0.338 e. The van der Waals surface area contributed by atoms with Crippen molar-refractivity contribution in [2.45, 2.75) is 23.7 Å². The third kappa shape index (κ3) is 4.52. The molecule has 6 heteroatoms. The predicted molar refractivity (Wildman–Crippen MR) is 130 cm³/mol. The summed E-state index contributed by atoms with van der Waals surface area (Å²) in [4.78, 5) is 16.7. The van der Waals surface area contributed by atoms with Gasteiger partial charge in [-0.05, 0) is 92.0 Å². The summed E-state index contributed by atoms with van der Waals surface area (Å²) in [5, 5.41) is 9.41. The first-order chi connectivity index (χ1) is 15.3. The molecule has 0 spiro atoms. The highest BCUT2D eigenvalue weighted by Gasteiger charge is 2.24. The molecular formula is C26H27FN2O2S. The van der Waals surface area contributed by atoms with Crippen molar-refractivity contribution in [3.63, 3.8) is 0 Å². The second-order valence-corrected chi connectivity index (χ2v) is 8.88. The van der Waals surface area contributed by atoms with Gasteiger partial charge in [0.1, 0.15) is 5.82 Å². The fourth-order valence-corrected chi connectivity index (χ4v) is 4.76. The second-order valence-electron chi connectivity index (χ2n) is 8.40. The van der Waals surface area contributed by atoms with Gasteiger partial charge in [-0.3, -0.25) is 0 Å². The number of halogens is 1. The molecule has 1 heterocycles. The molecule has 1 N–H and O–H groups in total. The van der Waals surface area contributed by atoms with E-state index in [-0.39, 0.29) is 5.56 Å². The standard InChI is InChI=1S/C26H27FN2O2S/c1-28-12-10-17(11-13-28)20-15-24(29(2)19-6-4-3-5-7-19)25(32)16-21(20)18-8-9-23(27)22(14-18)26(30)31/h3-9,14-17,32H,10-13H2,1-2H3,(H,30,31). The van der Waals surface area contributed by atoms with E-state index in [9.17, 15) is 14.3 Å². The van der Waals surface area contributed by atoms with Crippen LogP contribution in [0.15, 0.2) is 65.6 Å². The molecule has 166 valence electrons. The first-order valence-corrected chi connectivity index (χ1v) is 11.2. The van der Waals surface area contributed by atoms with Gasteiger partial charge in [-0.1, -0.05) is 24.3 Å². The average molecular weight is 451 g/mol. The Morgan fingerprint density at radius 3 is 2.44 bits per heavy atom. The molecule has 0 amide bonds. The van der Waals surface area contributed by atoms with Crippen LogP contribution in [0.4, 0.5) is 15.8 Å². The lowest BCUT2D eigenvalue weighted by Gasteiger charge is -2.32. The Kier molecular flexibility index (Phi) is 6.53. The van der Waals surface area contributed by atoms with Crippen molar-refractivity contribution in [3.8, 4) is 11.1 Å². The number of nitrogens with zero attached hydrogens (tertiary/aromatic N) is 2. The average Bonchev–Trinajstić information content (AvgIpc) is 2.80. The number of carboxylic acids is 1. The van der Waals surface area contributed by atoms with E-state index in [4.69, 9.17) is 12.6 Å². The molecule has 0 aromatic heterocycles. The molecule has 4 nitrogen and oxygen atoms in total. The number of piperidine rings is 1. The lowest BCUT2D eigenvalue weighted by Crippen LogP contribution is -2.29. The molecular weight excluding hydrogens is 423 g/mol. The van der Waals surface area contributed by atoms with E-state index in [0.717, 1.165) is 53.3 Å². The Labute approximate surface area is 193 Å². The van der Waals surface area contributed by atoms with Crippen molar-refractivity contribution in [3.05, 3.63) is 77.6 Å². The van der Waals surface area contributed by atoms with Gasteiger partial charge in [0.15, 0.2) is 0 Å². The Balaban J connectivity index is 1.85. The number of rotatable bonds is 5. The summed E-state index contributed by atoms with van der Waals surface area (Å²) in [5.74, 6) is -1.67. The quantitative estimate of drug-likeness (QED) is 0.464. The van der Waals surface area contributed by atoms with Gasteiger partial charge in [-0.15, -0.1) is 12.6 Å². The van der Waals surface area contributed by atoms with Gasteiger partial charge >= 0.3 is 5.97 Å². The fraction of sp³-hybridized carbons (Fsp3) is 0.269. The number of para-hydroxylation sites is 1. The topological polar surface area (TPSA) is 43.8 Å². The van der Waals surface area contributed by atoms with Crippen LogP contribution in [0.1, 0.15) is 34.7 Å². The zero-order valence-electron chi connectivity index (χ0n) is 18.3. The van der Waals surface area contributed by atoms with Crippen molar-refractivity contribution in [1.82, 2.24) is 4.90 Å². The molecule has 0 radical (unpaired) electrons. The largest absolute Gasteiger partial charge is 0.478 e. The molecule has 1 fully saturated rings. The number of carboxylic acid groups (broad SMARTS) is 1. The molecule has 1 aliphatic rings. The highest BCUT2D eigenvalue weighted by molar-refractivity contribution is 7.80. The molecule has 1 saturated heterocycles. The molecule has 0 aliphatic carbocycles. The van der Waals surface area contributed by atoms with E-state index in [1.54, 1.807) is 6.07 Å². The maximum atomic E-state index is 14.1.